The van der Waals surface area contributed by atoms with Crippen LogP contribution in [0, 0.1) is 0 Å². The quantitative estimate of drug-likeness (QED) is 0.557. The maximum absolute atomic E-state index is 5.94. The Hall–Kier alpha value is -0.0951. The molecule has 0 radical (unpaired) electrons. The molecule has 0 aromatic rings. The van der Waals surface area contributed by atoms with Gasteiger partial charge < -0.3 is 18.9 Å². The van der Waals surface area contributed by atoms with Gasteiger partial charge in [-0.15, -0.1) is 0 Å². The Morgan fingerprint density at radius 1 is 1.50 bits per heavy atom. The minimum Gasteiger partial charge on any atom is -0.382 e. The highest BCUT2D eigenvalue weighted by atomic mass is 16.6. The molecule has 0 aromatic heterocycles. The van der Waals surface area contributed by atoms with E-state index in [-0.39, 0.29) is 23.8 Å². The van der Waals surface area contributed by atoms with Crippen molar-refractivity contribution >= 4 is 7.85 Å². The number of rotatable bonds is 3. The van der Waals surface area contributed by atoms with Gasteiger partial charge in [0.1, 0.15) is 25.7 Å². The highest BCUT2D eigenvalue weighted by Gasteiger charge is 2.57. The molecule has 2 aliphatic rings. The fraction of sp³-hybridized carbons (Fsp3) is 1.00. The normalized spacial score (nSPS) is 46.9. The number of hydrogen-bond donors (Lipinski definition) is 0. The maximum Gasteiger partial charge on any atom is 0.142 e. The zero-order valence-corrected chi connectivity index (χ0v) is 8.99. The predicted molar refractivity (Wildman–Crippen MR) is 53.2 cm³/mol. The van der Waals surface area contributed by atoms with Crippen molar-refractivity contribution in [2.75, 3.05) is 27.4 Å². The van der Waals surface area contributed by atoms with E-state index in [9.17, 15) is 0 Å². The van der Waals surface area contributed by atoms with Gasteiger partial charge in [0.2, 0.25) is 0 Å². The van der Waals surface area contributed by atoms with Gasteiger partial charge in [-0.3, -0.25) is 0 Å². The fourth-order valence-electron chi connectivity index (χ4n) is 2.62. The molecule has 0 N–H and O–H groups in total. The third kappa shape index (κ3) is 1.39. The first-order chi connectivity index (χ1) is 6.73. The molecule has 80 valence electrons. The summed E-state index contributed by atoms with van der Waals surface area (Å²) in [6, 6.07) is 0.0950. The molecule has 14 heavy (non-hydrogen) atoms. The molecule has 0 spiro atoms. The molecular weight excluding hydrogens is 183 g/mol. The molecule has 1 unspecified atom stereocenters. The lowest BCUT2D eigenvalue weighted by Crippen LogP contribution is -2.52. The van der Waals surface area contributed by atoms with Crippen LogP contribution < -0.4 is 0 Å². The Kier molecular flexibility index (Phi) is 2.84. The van der Waals surface area contributed by atoms with Crippen LogP contribution in [0.3, 0.4) is 0 Å². The van der Waals surface area contributed by atoms with Gasteiger partial charge in [-0.2, -0.15) is 0 Å². The third-order valence-electron chi connectivity index (χ3n) is 3.18. The summed E-state index contributed by atoms with van der Waals surface area (Å²) in [6.07, 6.45) is 0.912. The van der Waals surface area contributed by atoms with Gasteiger partial charge in [0.25, 0.3) is 0 Å². The van der Waals surface area contributed by atoms with Crippen LogP contribution in [0.15, 0.2) is 0 Å². The van der Waals surface area contributed by atoms with Gasteiger partial charge in [0.05, 0.1) is 19.2 Å². The van der Waals surface area contributed by atoms with E-state index in [2.05, 4.69) is 0 Å². The van der Waals surface area contributed by atoms with Crippen LogP contribution in [-0.2, 0) is 18.9 Å². The van der Waals surface area contributed by atoms with E-state index in [1.54, 1.807) is 14.2 Å². The number of fused-ring (bicyclic) bond motifs is 2. The molecule has 0 saturated carbocycles. The molecule has 2 aliphatic heterocycles. The van der Waals surface area contributed by atoms with Crippen LogP contribution in [0.25, 0.3) is 0 Å². The van der Waals surface area contributed by atoms with Crippen LogP contribution in [0.4, 0.5) is 0 Å². The molecule has 2 bridgehead atoms. The Morgan fingerprint density at radius 2 is 2.29 bits per heavy atom. The molecule has 2 heterocycles. The molecule has 4 atom stereocenters. The van der Waals surface area contributed by atoms with Crippen molar-refractivity contribution < 1.29 is 18.9 Å². The summed E-state index contributed by atoms with van der Waals surface area (Å²) in [5, 5.41) is 0. The number of hydrogen-bond acceptors (Lipinski definition) is 4. The third-order valence-corrected chi connectivity index (χ3v) is 3.18. The average molecular weight is 200 g/mol. The lowest BCUT2D eigenvalue weighted by atomic mass is 9.86. The first-order valence-electron chi connectivity index (χ1n) is 5.04. The van der Waals surface area contributed by atoms with E-state index in [0.29, 0.717) is 6.61 Å². The zero-order valence-electron chi connectivity index (χ0n) is 8.99. The van der Waals surface area contributed by atoms with Crippen LogP contribution in [0.2, 0.25) is 0 Å². The summed E-state index contributed by atoms with van der Waals surface area (Å²) in [4.78, 5) is 0. The Labute approximate surface area is 85.3 Å². The van der Waals surface area contributed by atoms with Gasteiger partial charge in [0.15, 0.2) is 0 Å². The number of methoxy groups -OCH3 is 2. The molecule has 2 fully saturated rings. The average Bonchev–Trinajstić information content (AvgIpc) is 2.30. The Bertz CT molecular complexity index is 209. The minimum atomic E-state index is -0.286. The second-order valence-corrected chi connectivity index (χ2v) is 4.06. The summed E-state index contributed by atoms with van der Waals surface area (Å²) in [5.74, 6) is 0. The van der Waals surface area contributed by atoms with Gasteiger partial charge in [-0.25, -0.2) is 0 Å². The zero-order chi connectivity index (χ0) is 10.2. The smallest absolute Gasteiger partial charge is 0.142 e. The van der Waals surface area contributed by atoms with Crippen molar-refractivity contribution in [2.45, 2.75) is 30.2 Å². The molecule has 0 amide bonds. The van der Waals surface area contributed by atoms with Crippen molar-refractivity contribution in [3.8, 4) is 0 Å². The van der Waals surface area contributed by atoms with E-state index < -0.39 is 0 Å². The van der Waals surface area contributed by atoms with E-state index in [1.807, 2.05) is 7.85 Å². The van der Waals surface area contributed by atoms with Crippen LogP contribution in [-0.4, -0.2) is 59.1 Å². The maximum atomic E-state index is 5.94. The molecule has 2 saturated heterocycles. The van der Waals surface area contributed by atoms with Crippen LogP contribution in [0.1, 0.15) is 6.42 Å². The molecule has 4 nitrogen and oxygen atoms in total. The molecule has 2 rings (SSSR count). The topological polar surface area (TPSA) is 36.9 Å². The Morgan fingerprint density at radius 3 is 2.93 bits per heavy atom. The van der Waals surface area contributed by atoms with E-state index in [4.69, 9.17) is 18.9 Å². The van der Waals surface area contributed by atoms with Crippen molar-refractivity contribution in [1.29, 1.82) is 0 Å². The standard InChI is InChI=1S/C9H17BO4/c1-11-5-9-3-4-13-6(7(9)12-2)8(10)14-9/h6-8H,3-5,10H2,1-2H3/t6?,7-,8-,9-/m1/s1. The molecule has 5 heteroatoms. The van der Waals surface area contributed by atoms with Gasteiger partial charge in [-0.1, -0.05) is 0 Å². The lowest BCUT2D eigenvalue weighted by Gasteiger charge is -2.37. The van der Waals surface area contributed by atoms with E-state index >= 15 is 0 Å². The van der Waals surface area contributed by atoms with Gasteiger partial charge in [-0.05, 0) is 0 Å². The Balaban J connectivity index is 2.20. The largest absolute Gasteiger partial charge is 0.382 e. The first-order valence-corrected chi connectivity index (χ1v) is 5.04. The second-order valence-electron chi connectivity index (χ2n) is 4.06. The van der Waals surface area contributed by atoms with Crippen molar-refractivity contribution in [3.05, 3.63) is 0 Å². The summed E-state index contributed by atoms with van der Waals surface area (Å²) >= 11 is 0. The predicted octanol–water partition coefficient (Wildman–Crippen LogP) is -0.835. The summed E-state index contributed by atoms with van der Waals surface area (Å²) < 4.78 is 22.3. The van der Waals surface area contributed by atoms with Gasteiger partial charge >= 0.3 is 0 Å². The van der Waals surface area contributed by atoms with Crippen LogP contribution >= 0.6 is 0 Å². The first kappa shape index (κ1) is 10.4. The lowest BCUT2D eigenvalue weighted by molar-refractivity contribution is -0.155. The monoisotopic (exact) mass is 200 g/mol. The van der Waals surface area contributed by atoms with Crippen LogP contribution in [0.5, 0.6) is 0 Å². The number of ether oxygens (including phenoxy) is 4. The summed E-state index contributed by atoms with van der Waals surface area (Å²) in [7, 11) is 5.43. The highest BCUT2D eigenvalue weighted by molar-refractivity contribution is 6.11. The summed E-state index contributed by atoms with van der Waals surface area (Å²) in [5.41, 5.74) is -0.286. The van der Waals surface area contributed by atoms with Gasteiger partial charge in [0, 0.05) is 20.6 Å². The summed E-state index contributed by atoms with van der Waals surface area (Å²) in [6.45, 7) is 1.31. The van der Waals surface area contributed by atoms with Crippen molar-refractivity contribution in [2.24, 2.45) is 0 Å². The molecule has 0 aromatic carbocycles. The second kappa shape index (κ2) is 3.81. The van der Waals surface area contributed by atoms with E-state index in [0.717, 1.165) is 13.0 Å². The van der Waals surface area contributed by atoms with Crippen molar-refractivity contribution in [3.63, 3.8) is 0 Å². The minimum absolute atomic E-state index is 0.00574. The highest BCUT2D eigenvalue weighted by Crippen LogP contribution is 2.40. The molecule has 0 aliphatic carbocycles. The van der Waals surface area contributed by atoms with Crippen molar-refractivity contribution in [1.82, 2.24) is 0 Å². The fourth-order valence-corrected chi connectivity index (χ4v) is 2.62. The molecular formula is C9H17BO4. The van der Waals surface area contributed by atoms with E-state index in [1.165, 1.54) is 0 Å². The SMILES string of the molecule is B[C@@H]1O[C@@]2(COC)CCOC1[C@H]2OC.